The monoisotopic (exact) mass is 610 g/mol. The van der Waals surface area contributed by atoms with Crippen molar-refractivity contribution in [3.05, 3.63) is 101 Å². The van der Waals surface area contributed by atoms with Crippen LogP contribution in [0.15, 0.2) is 84.4 Å². The Kier molecular flexibility index (Phi) is 6.66. The van der Waals surface area contributed by atoms with Crippen LogP contribution < -0.4 is 9.64 Å². The Morgan fingerprint density at radius 3 is 2.39 bits per heavy atom. The van der Waals surface area contributed by atoms with Crippen LogP contribution in [0, 0.1) is 23.7 Å². The zero-order chi connectivity index (χ0) is 30.9. The fraction of sp³-hybridized carbons (Fsp3) is 0.314. The minimum atomic E-state index is -1.49. The largest absolute Gasteiger partial charge is 0.508 e. The lowest BCUT2D eigenvalue weighted by Gasteiger charge is -2.51. The first-order valence-corrected chi connectivity index (χ1v) is 15.2. The maximum Gasteiger partial charge on any atom is 0.246 e. The average molecular weight is 611 g/mol. The first-order valence-electron chi connectivity index (χ1n) is 14.9. The van der Waals surface area contributed by atoms with Crippen molar-refractivity contribution < 1.29 is 29.0 Å². The van der Waals surface area contributed by atoms with Crippen LogP contribution in [0.2, 0.25) is 5.02 Å². The van der Waals surface area contributed by atoms with Gasteiger partial charge in [-0.1, -0.05) is 65.7 Å². The number of anilines is 1. The average Bonchev–Trinajstić information content (AvgIpc) is 3.41. The smallest absolute Gasteiger partial charge is 0.246 e. The van der Waals surface area contributed by atoms with Gasteiger partial charge in [0.05, 0.1) is 36.0 Å². The predicted octanol–water partition coefficient (Wildman–Crippen LogP) is 5.24. The van der Waals surface area contributed by atoms with Gasteiger partial charge in [0.15, 0.2) is 0 Å². The van der Waals surface area contributed by atoms with Crippen molar-refractivity contribution in [2.75, 3.05) is 18.6 Å². The summed E-state index contributed by atoms with van der Waals surface area (Å²) in [5.41, 5.74) is 0.613. The summed E-state index contributed by atoms with van der Waals surface area (Å²) in [6, 6.07) is 20.7. The van der Waals surface area contributed by atoms with Crippen molar-refractivity contribution in [3.8, 4) is 11.5 Å². The van der Waals surface area contributed by atoms with E-state index in [-0.39, 0.29) is 30.5 Å². The molecule has 4 aliphatic rings. The van der Waals surface area contributed by atoms with Gasteiger partial charge < -0.3 is 9.84 Å². The minimum Gasteiger partial charge on any atom is -0.508 e. The molecule has 3 aromatic rings. The normalized spacial score (nSPS) is 29.3. The van der Waals surface area contributed by atoms with E-state index in [0.29, 0.717) is 34.0 Å². The van der Waals surface area contributed by atoms with Crippen LogP contribution in [0.4, 0.5) is 5.69 Å². The highest BCUT2D eigenvalue weighted by Gasteiger charge is 2.70. The molecular formula is C35H31ClN2O6. The van der Waals surface area contributed by atoms with Crippen LogP contribution in [0.25, 0.3) is 0 Å². The summed E-state index contributed by atoms with van der Waals surface area (Å²) >= 11 is 6.34. The van der Waals surface area contributed by atoms with Gasteiger partial charge in [0.25, 0.3) is 0 Å². The molecule has 1 N–H and O–H groups in total. The van der Waals surface area contributed by atoms with Gasteiger partial charge in [-0.3, -0.25) is 24.1 Å². The molecular weight excluding hydrogens is 580 g/mol. The summed E-state index contributed by atoms with van der Waals surface area (Å²) in [6.45, 7) is 2.04. The highest BCUT2D eigenvalue weighted by molar-refractivity contribution is 6.32. The number of hydrogen-bond donors (Lipinski definition) is 1. The first-order chi connectivity index (χ1) is 21.2. The van der Waals surface area contributed by atoms with E-state index >= 15 is 4.79 Å². The van der Waals surface area contributed by atoms with E-state index in [1.165, 1.54) is 16.9 Å². The van der Waals surface area contributed by atoms with Crippen LogP contribution >= 0.6 is 11.6 Å². The Hall–Kier alpha value is -4.43. The van der Waals surface area contributed by atoms with Gasteiger partial charge >= 0.3 is 0 Å². The first kappa shape index (κ1) is 28.3. The third kappa shape index (κ3) is 3.70. The maximum absolute atomic E-state index is 15.2. The minimum absolute atomic E-state index is 0.0856. The number of likely N-dealkylation sites (tertiary alicyclic amines) is 1. The molecule has 4 amide bonds. The fourth-order valence-corrected chi connectivity index (χ4v) is 8.62. The molecule has 2 aliphatic heterocycles. The van der Waals surface area contributed by atoms with Crippen molar-refractivity contribution >= 4 is 40.9 Å². The van der Waals surface area contributed by atoms with Crippen molar-refractivity contribution in [1.82, 2.24) is 4.90 Å². The second kappa shape index (κ2) is 10.3. The number of aromatic hydroxyl groups is 1. The molecule has 2 aliphatic carbocycles. The summed E-state index contributed by atoms with van der Waals surface area (Å²) in [6.07, 6.45) is 2.47. The number of amides is 4. The van der Waals surface area contributed by atoms with Gasteiger partial charge in [-0.2, -0.15) is 0 Å². The quantitative estimate of drug-likeness (QED) is 0.313. The summed E-state index contributed by atoms with van der Waals surface area (Å²) in [5.74, 6) is -4.53. The van der Waals surface area contributed by atoms with E-state index in [1.807, 2.05) is 36.4 Å². The molecule has 0 spiro atoms. The number of phenolic OH excluding ortho intramolecular Hbond substituents is 1. The molecule has 1 saturated carbocycles. The predicted molar refractivity (Wildman–Crippen MR) is 163 cm³/mol. The van der Waals surface area contributed by atoms with Gasteiger partial charge in [-0.05, 0) is 61.6 Å². The highest BCUT2D eigenvalue weighted by Crippen LogP contribution is 2.66. The number of ether oxygens (including phenoxy) is 1. The molecule has 3 aromatic carbocycles. The maximum atomic E-state index is 15.2. The summed E-state index contributed by atoms with van der Waals surface area (Å²) in [4.78, 5) is 59.5. The second-order valence-electron chi connectivity index (χ2n) is 11.9. The van der Waals surface area contributed by atoms with Gasteiger partial charge in [0, 0.05) is 23.0 Å². The molecule has 2 saturated heterocycles. The number of methoxy groups -OCH3 is 1. The lowest BCUT2D eigenvalue weighted by Crippen LogP contribution is -2.53. The summed E-state index contributed by atoms with van der Waals surface area (Å²) in [7, 11) is 1.49. The van der Waals surface area contributed by atoms with E-state index in [1.54, 1.807) is 49.4 Å². The Bertz CT molecular complexity index is 1750. The third-order valence-electron chi connectivity index (χ3n) is 10.1. The van der Waals surface area contributed by atoms with Crippen molar-refractivity contribution in [2.45, 2.75) is 31.1 Å². The van der Waals surface area contributed by atoms with E-state index in [0.717, 1.165) is 5.57 Å². The van der Waals surface area contributed by atoms with Gasteiger partial charge in [0.1, 0.15) is 11.5 Å². The number of phenols is 1. The molecule has 7 rings (SSSR count). The molecule has 0 bridgehead atoms. The number of nitrogens with zero attached hydrogens (tertiary/aromatic N) is 2. The Balaban J connectivity index is 1.54. The number of allylic oxidation sites excluding steroid dienone is 2. The standard InChI is InChI=1S/C35H31ClN2O6/c1-3-37-31(40)23-16-15-22-24(28(23)33(37)42)18-25-32(41)38(21-12-7-11-20(36)17-21)34(43)35(25,19-9-5-4-6-10-19)30(22)29-26(39)13-8-14-27(29)44-2/h4-15,17,23-25,28,30,39H,3,16,18H2,1-2H3/t23-,24+,25-,28-,30+,35+/m0/s1. The number of halogens is 1. The third-order valence-corrected chi connectivity index (χ3v) is 10.4. The summed E-state index contributed by atoms with van der Waals surface area (Å²) in [5, 5.41) is 11.9. The number of fused-ring (bicyclic) bond motifs is 4. The van der Waals surface area contributed by atoms with E-state index in [4.69, 9.17) is 16.3 Å². The molecule has 6 atom stereocenters. The van der Waals surface area contributed by atoms with Crippen LogP contribution in [-0.4, -0.2) is 47.3 Å². The zero-order valence-electron chi connectivity index (χ0n) is 24.3. The molecule has 3 fully saturated rings. The van der Waals surface area contributed by atoms with Crippen LogP contribution in [-0.2, 0) is 24.6 Å². The van der Waals surface area contributed by atoms with Crippen molar-refractivity contribution in [3.63, 3.8) is 0 Å². The van der Waals surface area contributed by atoms with Gasteiger partial charge in [-0.25, -0.2) is 4.90 Å². The molecule has 9 heteroatoms. The Labute approximate surface area is 259 Å². The molecule has 0 aromatic heterocycles. The number of rotatable bonds is 5. The molecule has 0 radical (unpaired) electrons. The Morgan fingerprint density at radius 2 is 1.68 bits per heavy atom. The number of imide groups is 2. The van der Waals surface area contributed by atoms with Gasteiger partial charge in [0.2, 0.25) is 23.6 Å². The van der Waals surface area contributed by atoms with Crippen LogP contribution in [0.5, 0.6) is 11.5 Å². The second-order valence-corrected chi connectivity index (χ2v) is 12.3. The fourth-order valence-electron chi connectivity index (χ4n) is 8.44. The topological polar surface area (TPSA) is 104 Å². The van der Waals surface area contributed by atoms with E-state index in [9.17, 15) is 19.5 Å². The molecule has 8 nitrogen and oxygen atoms in total. The molecule has 44 heavy (non-hydrogen) atoms. The molecule has 0 unspecified atom stereocenters. The lowest BCUT2D eigenvalue weighted by atomic mass is 9.49. The Morgan fingerprint density at radius 1 is 0.932 bits per heavy atom. The van der Waals surface area contributed by atoms with Crippen molar-refractivity contribution in [1.29, 1.82) is 0 Å². The number of carbonyl (C=O) groups is 4. The zero-order valence-corrected chi connectivity index (χ0v) is 25.0. The lowest BCUT2D eigenvalue weighted by molar-refractivity contribution is -0.140. The molecule has 224 valence electrons. The number of benzene rings is 3. The number of carbonyl (C=O) groups excluding carboxylic acids is 4. The summed E-state index contributed by atoms with van der Waals surface area (Å²) < 4.78 is 5.79. The SMILES string of the molecule is CCN1C(=O)[C@H]2[C@H](CC=C3[C@H]2C[C@H]2C(=O)N(c4cccc(Cl)c4)C(=O)[C@@]2(c2ccccc2)[C@H]3c2c(O)cccc2OC)C1=O. The highest BCUT2D eigenvalue weighted by atomic mass is 35.5. The van der Waals surface area contributed by atoms with Crippen LogP contribution in [0.3, 0.4) is 0 Å². The van der Waals surface area contributed by atoms with E-state index < -0.39 is 46.8 Å². The number of hydrogen-bond acceptors (Lipinski definition) is 6. The van der Waals surface area contributed by atoms with E-state index in [2.05, 4.69) is 0 Å². The van der Waals surface area contributed by atoms with Crippen LogP contribution in [0.1, 0.15) is 36.8 Å². The molecule has 2 heterocycles. The van der Waals surface area contributed by atoms with Gasteiger partial charge in [-0.15, -0.1) is 0 Å². The van der Waals surface area contributed by atoms with Crippen molar-refractivity contribution in [2.24, 2.45) is 23.7 Å².